The van der Waals surface area contributed by atoms with Crippen molar-refractivity contribution in [1.82, 2.24) is 10.3 Å². The Balaban J connectivity index is 1.58. The maximum Gasteiger partial charge on any atom is 0.264 e. The number of hydrogen-bond acceptors (Lipinski definition) is 5. The quantitative estimate of drug-likeness (QED) is 0.525. The molecule has 0 unspecified atom stereocenters. The third-order valence-corrected chi connectivity index (χ3v) is 5.45. The van der Waals surface area contributed by atoms with Gasteiger partial charge in [0.1, 0.15) is 5.75 Å². The molecule has 0 saturated heterocycles. The van der Waals surface area contributed by atoms with Crippen molar-refractivity contribution < 1.29 is 14.3 Å². The van der Waals surface area contributed by atoms with Gasteiger partial charge in [-0.05, 0) is 35.6 Å². The number of benzene rings is 2. The average Bonchev–Trinajstić information content (AvgIpc) is 3.19. The van der Waals surface area contributed by atoms with Crippen LogP contribution in [0.25, 0.3) is 11.3 Å². The van der Waals surface area contributed by atoms with Crippen molar-refractivity contribution in [2.45, 2.75) is 40.2 Å². The highest BCUT2D eigenvalue weighted by Gasteiger charge is 2.12. The summed E-state index contributed by atoms with van der Waals surface area (Å²) in [7, 11) is 0. The predicted molar refractivity (Wildman–Crippen MR) is 124 cm³/mol. The number of ether oxygens (including phenoxy) is 1. The molecule has 3 rings (SSSR count). The molecule has 2 amide bonds. The van der Waals surface area contributed by atoms with Gasteiger partial charge in [0.15, 0.2) is 11.7 Å². The van der Waals surface area contributed by atoms with Crippen molar-refractivity contribution in [2.24, 2.45) is 0 Å². The molecular weight excluding hydrogens is 410 g/mol. The molecule has 6 nitrogen and oxygen atoms in total. The Labute approximate surface area is 186 Å². The third-order valence-electron chi connectivity index (χ3n) is 4.69. The second kappa shape index (κ2) is 10.2. The summed E-state index contributed by atoms with van der Waals surface area (Å²) in [5, 5.41) is 8.00. The van der Waals surface area contributed by atoms with E-state index in [2.05, 4.69) is 29.5 Å². The predicted octanol–water partition coefficient (Wildman–Crippen LogP) is 4.90. The minimum atomic E-state index is -0.247. The van der Waals surface area contributed by atoms with Crippen LogP contribution >= 0.6 is 11.3 Å². The second-order valence-electron chi connectivity index (χ2n) is 7.68. The van der Waals surface area contributed by atoms with E-state index in [9.17, 15) is 9.59 Å². The van der Waals surface area contributed by atoms with E-state index in [1.54, 1.807) is 0 Å². The molecule has 0 atom stereocenters. The van der Waals surface area contributed by atoms with Gasteiger partial charge in [0.05, 0.1) is 5.69 Å². The summed E-state index contributed by atoms with van der Waals surface area (Å²) in [5.41, 5.74) is 4.91. The maximum absolute atomic E-state index is 12.4. The fourth-order valence-electron chi connectivity index (χ4n) is 3.03. The summed E-state index contributed by atoms with van der Waals surface area (Å²) in [4.78, 5) is 27.9. The van der Waals surface area contributed by atoms with Crippen molar-refractivity contribution in [3.8, 4) is 17.0 Å². The lowest BCUT2D eigenvalue weighted by molar-refractivity contribution is -0.119. The monoisotopic (exact) mass is 437 g/mol. The molecular formula is C24H27N3O3S. The summed E-state index contributed by atoms with van der Waals surface area (Å²) in [6.07, 6.45) is 0. The summed E-state index contributed by atoms with van der Waals surface area (Å²) >= 11 is 1.37. The molecule has 3 aromatic rings. The molecule has 0 saturated carbocycles. The number of anilines is 1. The van der Waals surface area contributed by atoms with E-state index >= 15 is 0 Å². The van der Waals surface area contributed by atoms with E-state index in [1.165, 1.54) is 18.3 Å². The molecule has 0 aliphatic carbocycles. The number of thiazole rings is 1. The minimum Gasteiger partial charge on any atom is -0.483 e. The maximum atomic E-state index is 12.4. The van der Waals surface area contributed by atoms with Crippen LogP contribution in [0.15, 0.2) is 47.8 Å². The lowest BCUT2D eigenvalue weighted by Crippen LogP contribution is -2.20. The topological polar surface area (TPSA) is 80.3 Å². The van der Waals surface area contributed by atoms with Gasteiger partial charge in [0.2, 0.25) is 5.91 Å². The van der Waals surface area contributed by atoms with Crippen molar-refractivity contribution in [1.29, 1.82) is 0 Å². The Morgan fingerprint density at radius 2 is 1.87 bits per heavy atom. The number of carbonyl (C=O) groups excluding carboxylic acids is 2. The number of nitrogens with zero attached hydrogens (tertiary/aromatic N) is 1. The van der Waals surface area contributed by atoms with Crippen LogP contribution in [0.4, 0.5) is 5.13 Å². The molecule has 31 heavy (non-hydrogen) atoms. The van der Waals surface area contributed by atoms with Gasteiger partial charge in [-0.25, -0.2) is 4.98 Å². The SMILES string of the molecule is CC(=O)NCc1ccc(-c2csc(NC(=O)COc3cc(C)ccc3C(C)C)n2)cc1. The Morgan fingerprint density at radius 1 is 1.13 bits per heavy atom. The zero-order valence-electron chi connectivity index (χ0n) is 18.2. The fourth-order valence-corrected chi connectivity index (χ4v) is 3.76. The number of amides is 2. The van der Waals surface area contributed by atoms with Gasteiger partial charge in [-0.1, -0.05) is 50.2 Å². The third kappa shape index (κ3) is 6.39. The minimum absolute atomic E-state index is 0.0595. The van der Waals surface area contributed by atoms with Crippen LogP contribution < -0.4 is 15.4 Å². The molecule has 0 aliphatic heterocycles. The first kappa shape index (κ1) is 22.5. The molecule has 162 valence electrons. The highest BCUT2D eigenvalue weighted by Crippen LogP contribution is 2.28. The lowest BCUT2D eigenvalue weighted by atomic mass is 10.0. The van der Waals surface area contributed by atoms with E-state index < -0.39 is 0 Å². The van der Waals surface area contributed by atoms with Crippen LogP contribution in [0.5, 0.6) is 5.75 Å². The number of aryl methyl sites for hydroxylation is 1. The van der Waals surface area contributed by atoms with Crippen LogP contribution in [0, 0.1) is 6.92 Å². The van der Waals surface area contributed by atoms with E-state index in [1.807, 2.05) is 54.8 Å². The van der Waals surface area contributed by atoms with Crippen molar-refractivity contribution >= 4 is 28.3 Å². The highest BCUT2D eigenvalue weighted by molar-refractivity contribution is 7.14. The van der Waals surface area contributed by atoms with Crippen LogP contribution in [0.1, 0.15) is 43.4 Å². The Morgan fingerprint density at radius 3 is 2.55 bits per heavy atom. The van der Waals surface area contributed by atoms with Crippen molar-refractivity contribution in [3.05, 3.63) is 64.5 Å². The molecule has 7 heteroatoms. The van der Waals surface area contributed by atoms with Gasteiger partial charge in [-0.15, -0.1) is 11.3 Å². The summed E-state index contributed by atoms with van der Waals surface area (Å²) in [5.74, 6) is 0.743. The van der Waals surface area contributed by atoms with Gasteiger partial charge < -0.3 is 10.1 Å². The van der Waals surface area contributed by atoms with Gasteiger partial charge in [0, 0.05) is 24.4 Å². The number of carbonyl (C=O) groups is 2. The molecule has 0 aliphatic rings. The zero-order valence-corrected chi connectivity index (χ0v) is 19.0. The zero-order chi connectivity index (χ0) is 22.4. The summed E-state index contributed by atoms with van der Waals surface area (Å²) in [6.45, 7) is 8.11. The first-order valence-corrected chi connectivity index (χ1v) is 11.0. The fraction of sp³-hybridized carbons (Fsp3) is 0.292. The van der Waals surface area contributed by atoms with E-state index in [0.29, 0.717) is 17.6 Å². The van der Waals surface area contributed by atoms with Gasteiger partial charge in [0.25, 0.3) is 5.91 Å². The molecule has 0 spiro atoms. The smallest absolute Gasteiger partial charge is 0.264 e. The second-order valence-corrected chi connectivity index (χ2v) is 8.54. The molecule has 0 bridgehead atoms. The number of hydrogen-bond donors (Lipinski definition) is 2. The standard InChI is InChI=1S/C24H27N3O3S/c1-15(2)20-10-5-16(3)11-22(20)30-13-23(29)27-24-26-21(14-31-24)19-8-6-18(7-9-19)12-25-17(4)28/h5-11,14-15H,12-13H2,1-4H3,(H,25,28)(H,26,27,29). The molecule has 2 aromatic carbocycles. The number of aromatic nitrogens is 1. The van der Waals surface area contributed by atoms with Gasteiger partial charge in [-0.3, -0.25) is 14.9 Å². The van der Waals surface area contributed by atoms with E-state index in [4.69, 9.17) is 4.74 Å². The van der Waals surface area contributed by atoms with Crippen LogP contribution in [-0.4, -0.2) is 23.4 Å². The molecule has 1 aromatic heterocycles. The largest absolute Gasteiger partial charge is 0.483 e. The Bertz CT molecular complexity index is 1060. The highest BCUT2D eigenvalue weighted by atomic mass is 32.1. The Kier molecular flexibility index (Phi) is 7.41. The first-order chi connectivity index (χ1) is 14.8. The number of rotatable bonds is 8. The van der Waals surface area contributed by atoms with Crippen LogP contribution in [-0.2, 0) is 16.1 Å². The van der Waals surface area contributed by atoms with E-state index in [-0.39, 0.29) is 18.4 Å². The molecule has 2 N–H and O–H groups in total. The summed E-state index contributed by atoms with van der Waals surface area (Å²) in [6, 6.07) is 13.8. The van der Waals surface area contributed by atoms with Crippen molar-refractivity contribution in [2.75, 3.05) is 11.9 Å². The van der Waals surface area contributed by atoms with Gasteiger partial charge >= 0.3 is 0 Å². The normalized spacial score (nSPS) is 10.7. The van der Waals surface area contributed by atoms with Crippen molar-refractivity contribution in [3.63, 3.8) is 0 Å². The average molecular weight is 438 g/mol. The van der Waals surface area contributed by atoms with Gasteiger partial charge in [-0.2, -0.15) is 0 Å². The Hall–Kier alpha value is -3.19. The number of nitrogens with one attached hydrogen (secondary N) is 2. The first-order valence-electron chi connectivity index (χ1n) is 10.1. The van der Waals surface area contributed by atoms with Crippen LogP contribution in [0.3, 0.4) is 0 Å². The van der Waals surface area contributed by atoms with Crippen LogP contribution in [0.2, 0.25) is 0 Å². The molecule has 0 radical (unpaired) electrons. The molecule has 1 heterocycles. The van der Waals surface area contributed by atoms with E-state index in [0.717, 1.165) is 33.7 Å². The lowest BCUT2D eigenvalue weighted by Gasteiger charge is -2.14. The molecule has 0 fully saturated rings. The summed E-state index contributed by atoms with van der Waals surface area (Å²) < 4.78 is 5.79.